The topological polar surface area (TPSA) is 41.1 Å². The standard InChI is InChI=1S/C12H17FN2O/c1-8-4-5-10(6-11(8)13)7-15-9(2)12(16)14-3/h4-6,9,15H,7H2,1-3H3,(H,14,16). The van der Waals surface area contributed by atoms with E-state index in [0.29, 0.717) is 12.1 Å². The van der Waals surface area contributed by atoms with Crippen molar-refractivity contribution in [1.82, 2.24) is 10.6 Å². The van der Waals surface area contributed by atoms with E-state index in [-0.39, 0.29) is 17.8 Å². The average Bonchev–Trinajstić information content (AvgIpc) is 2.29. The lowest BCUT2D eigenvalue weighted by Gasteiger charge is -2.12. The highest BCUT2D eigenvalue weighted by atomic mass is 19.1. The quantitative estimate of drug-likeness (QED) is 0.810. The molecule has 88 valence electrons. The van der Waals surface area contributed by atoms with Gasteiger partial charge in [0.25, 0.3) is 0 Å². The van der Waals surface area contributed by atoms with E-state index in [1.165, 1.54) is 6.07 Å². The molecule has 3 nitrogen and oxygen atoms in total. The smallest absolute Gasteiger partial charge is 0.236 e. The summed E-state index contributed by atoms with van der Waals surface area (Å²) in [6.45, 7) is 3.97. The van der Waals surface area contributed by atoms with Crippen LogP contribution in [0.25, 0.3) is 0 Å². The third-order valence-corrected chi connectivity index (χ3v) is 2.49. The average molecular weight is 224 g/mol. The van der Waals surface area contributed by atoms with Crippen molar-refractivity contribution in [1.29, 1.82) is 0 Å². The van der Waals surface area contributed by atoms with Crippen LogP contribution in [0.5, 0.6) is 0 Å². The highest BCUT2D eigenvalue weighted by molar-refractivity contribution is 5.80. The van der Waals surface area contributed by atoms with Crippen molar-refractivity contribution in [3.63, 3.8) is 0 Å². The highest BCUT2D eigenvalue weighted by Gasteiger charge is 2.09. The molecule has 0 aliphatic rings. The van der Waals surface area contributed by atoms with E-state index in [9.17, 15) is 9.18 Å². The van der Waals surface area contributed by atoms with Gasteiger partial charge in [-0.05, 0) is 31.0 Å². The lowest BCUT2D eigenvalue weighted by atomic mass is 10.1. The van der Waals surface area contributed by atoms with Crippen LogP contribution in [0.3, 0.4) is 0 Å². The van der Waals surface area contributed by atoms with Gasteiger partial charge in [0.15, 0.2) is 0 Å². The monoisotopic (exact) mass is 224 g/mol. The van der Waals surface area contributed by atoms with Gasteiger partial charge in [-0.3, -0.25) is 4.79 Å². The van der Waals surface area contributed by atoms with Crippen LogP contribution in [0.2, 0.25) is 0 Å². The van der Waals surface area contributed by atoms with Crippen molar-refractivity contribution in [3.05, 3.63) is 35.1 Å². The van der Waals surface area contributed by atoms with Gasteiger partial charge in [-0.1, -0.05) is 12.1 Å². The first-order chi connectivity index (χ1) is 7.54. The van der Waals surface area contributed by atoms with Crippen LogP contribution in [0.1, 0.15) is 18.1 Å². The molecular formula is C12H17FN2O. The van der Waals surface area contributed by atoms with Gasteiger partial charge in [-0.25, -0.2) is 4.39 Å². The Morgan fingerprint density at radius 2 is 2.19 bits per heavy atom. The molecule has 0 heterocycles. The Balaban J connectivity index is 2.55. The Morgan fingerprint density at radius 1 is 1.50 bits per heavy atom. The zero-order chi connectivity index (χ0) is 12.1. The van der Waals surface area contributed by atoms with Crippen molar-refractivity contribution >= 4 is 5.91 Å². The van der Waals surface area contributed by atoms with Crippen LogP contribution in [0.4, 0.5) is 4.39 Å². The van der Waals surface area contributed by atoms with Crippen molar-refractivity contribution in [2.75, 3.05) is 7.05 Å². The van der Waals surface area contributed by atoms with Gasteiger partial charge in [-0.2, -0.15) is 0 Å². The van der Waals surface area contributed by atoms with Crippen LogP contribution in [0.15, 0.2) is 18.2 Å². The lowest BCUT2D eigenvalue weighted by molar-refractivity contribution is -0.122. The first-order valence-corrected chi connectivity index (χ1v) is 5.24. The number of benzene rings is 1. The second kappa shape index (κ2) is 5.61. The van der Waals surface area contributed by atoms with Crippen molar-refractivity contribution < 1.29 is 9.18 Å². The number of amides is 1. The molecule has 1 rings (SSSR count). The summed E-state index contributed by atoms with van der Waals surface area (Å²) in [7, 11) is 1.59. The summed E-state index contributed by atoms with van der Waals surface area (Å²) in [6, 6.07) is 4.78. The molecule has 0 fully saturated rings. The third-order valence-electron chi connectivity index (χ3n) is 2.49. The molecule has 0 aliphatic carbocycles. The molecule has 0 spiro atoms. The summed E-state index contributed by atoms with van der Waals surface area (Å²) < 4.78 is 13.2. The molecule has 0 radical (unpaired) electrons. The number of carbonyl (C=O) groups excluding carboxylic acids is 1. The van der Waals surface area contributed by atoms with Gasteiger partial charge < -0.3 is 10.6 Å². The minimum absolute atomic E-state index is 0.0763. The van der Waals surface area contributed by atoms with Crippen molar-refractivity contribution in [2.24, 2.45) is 0 Å². The predicted molar refractivity (Wildman–Crippen MR) is 61.5 cm³/mol. The minimum Gasteiger partial charge on any atom is -0.358 e. The molecule has 4 heteroatoms. The van der Waals surface area contributed by atoms with Crippen LogP contribution < -0.4 is 10.6 Å². The van der Waals surface area contributed by atoms with E-state index in [0.717, 1.165) is 5.56 Å². The van der Waals surface area contributed by atoms with Gasteiger partial charge in [0, 0.05) is 13.6 Å². The summed E-state index contributed by atoms with van der Waals surface area (Å²) in [6.07, 6.45) is 0. The lowest BCUT2D eigenvalue weighted by Crippen LogP contribution is -2.40. The molecule has 2 N–H and O–H groups in total. The first kappa shape index (κ1) is 12.6. The predicted octanol–water partition coefficient (Wildman–Crippen LogP) is 1.36. The van der Waals surface area contributed by atoms with E-state index < -0.39 is 0 Å². The van der Waals surface area contributed by atoms with Crippen molar-refractivity contribution in [3.8, 4) is 0 Å². The molecule has 16 heavy (non-hydrogen) atoms. The third kappa shape index (κ3) is 3.31. The van der Waals surface area contributed by atoms with Crippen LogP contribution in [-0.4, -0.2) is 19.0 Å². The van der Waals surface area contributed by atoms with E-state index >= 15 is 0 Å². The molecule has 0 saturated carbocycles. The number of aryl methyl sites for hydroxylation is 1. The zero-order valence-corrected chi connectivity index (χ0v) is 9.80. The summed E-state index contributed by atoms with van der Waals surface area (Å²) in [5, 5.41) is 5.56. The second-order valence-electron chi connectivity index (χ2n) is 3.80. The van der Waals surface area contributed by atoms with Crippen LogP contribution in [-0.2, 0) is 11.3 Å². The summed E-state index contributed by atoms with van der Waals surface area (Å²) >= 11 is 0. The second-order valence-corrected chi connectivity index (χ2v) is 3.80. The fourth-order valence-corrected chi connectivity index (χ4v) is 1.33. The molecule has 0 saturated heterocycles. The maximum absolute atomic E-state index is 13.2. The Labute approximate surface area is 95.0 Å². The molecule has 0 bridgehead atoms. The normalized spacial score (nSPS) is 12.2. The SMILES string of the molecule is CNC(=O)C(C)NCc1ccc(C)c(F)c1. The summed E-state index contributed by atoms with van der Waals surface area (Å²) in [5.74, 6) is -0.292. The summed E-state index contributed by atoms with van der Waals surface area (Å²) in [5.41, 5.74) is 1.46. The molecule has 1 aromatic rings. The molecule has 1 amide bonds. The van der Waals surface area contributed by atoms with Crippen LogP contribution in [0, 0.1) is 12.7 Å². The summed E-state index contributed by atoms with van der Waals surface area (Å²) in [4.78, 5) is 11.2. The van der Waals surface area contributed by atoms with E-state index in [4.69, 9.17) is 0 Å². The molecule has 0 aliphatic heterocycles. The van der Waals surface area contributed by atoms with E-state index in [2.05, 4.69) is 10.6 Å². The van der Waals surface area contributed by atoms with Gasteiger partial charge in [-0.15, -0.1) is 0 Å². The number of nitrogens with one attached hydrogen (secondary N) is 2. The molecule has 0 aromatic heterocycles. The molecule has 1 unspecified atom stereocenters. The first-order valence-electron chi connectivity index (χ1n) is 5.24. The Bertz CT molecular complexity index is 379. The number of hydrogen-bond acceptors (Lipinski definition) is 2. The Hall–Kier alpha value is -1.42. The Kier molecular flexibility index (Phi) is 4.43. The fourth-order valence-electron chi connectivity index (χ4n) is 1.33. The van der Waals surface area contributed by atoms with Crippen LogP contribution >= 0.6 is 0 Å². The fraction of sp³-hybridized carbons (Fsp3) is 0.417. The van der Waals surface area contributed by atoms with Gasteiger partial charge in [0.05, 0.1) is 6.04 Å². The van der Waals surface area contributed by atoms with E-state index in [1.807, 2.05) is 6.07 Å². The highest BCUT2D eigenvalue weighted by Crippen LogP contribution is 2.08. The number of rotatable bonds is 4. The van der Waals surface area contributed by atoms with Crippen molar-refractivity contribution in [2.45, 2.75) is 26.4 Å². The number of likely N-dealkylation sites (N-methyl/N-ethyl adjacent to an activating group) is 1. The Morgan fingerprint density at radius 3 is 2.75 bits per heavy atom. The number of halogens is 1. The van der Waals surface area contributed by atoms with Gasteiger partial charge in [0.2, 0.25) is 5.91 Å². The number of carbonyl (C=O) groups is 1. The maximum Gasteiger partial charge on any atom is 0.236 e. The largest absolute Gasteiger partial charge is 0.358 e. The maximum atomic E-state index is 13.2. The number of hydrogen-bond donors (Lipinski definition) is 2. The zero-order valence-electron chi connectivity index (χ0n) is 9.80. The van der Waals surface area contributed by atoms with E-state index in [1.54, 1.807) is 27.0 Å². The van der Waals surface area contributed by atoms with Gasteiger partial charge in [0.1, 0.15) is 5.82 Å². The molecule has 1 aromatic carbocycles. The molecular weight excluding hydrogens is 207 g/mol. The molecule has 1 atom stereocenters. The minimum atomic E-state index is -0.283. The van der Waals surface area contributed by atoms with Gasteiger partial charge >= 0.3 is 0 Å².